The molecule has 0 aromatic heterocycles. The first-order valence-corrected chi connectivity index (χ1v) is 8.18. The van der Waals surface area contributed by atoms with E-state index in [4.69, 9.17) is 5.26 Å². The summed E-state index contributed by atoms with van der Waals surface area (Å²) < 4.78 is 26.1. The Morgan fingerprint density at radius 3 is 2.60 bits per heavy atom. The van der Waals surface area contributed by atoms with Crippen molar-refractivity contribution in [1.82, 2.24) is 4.31 Å². The summed E-state index contributed by atoms with van der Waals surface area (Å²) in [5, 5.41) is 18.2. The Hall–Kier alpha value is -1.42. The lowest BCUT2D eigenvalue weighted by atomic mass is 10.0. The van der Waals surface area contributed by atoms with Gasteiger partial charge >= 0.3 is 0 Å². The van der Waals surface area contributed by atoms with Gasteiger partial charge in [-0.25, -0.2) is 12.7 Å². The normalized spacial score (nSPS) is 21.6. The molecular formula is C14H18N2O3S. The molecule has 1 aromatic carbocycles. The third kappa shape index (κ3) is 3.37. The fourth-order valence-electron chi connectivity index (χ4n) is 2.38. The molecule has 1 N–H and O–H groups in total. The maximum absolute atomic E-state index is 12.3. The van der Waals surface area contributed by atoms with Crippen LogP contribution in [0.2, 0.25) is 0 Å². The summed E-state index contributed by atoms with van der Waals surface area (Å²) in [7, 11) is -3.36. The molecule has 2 unspecified atom stereocenters. The van der Waals surface area contributed by atoms with Crippen molar-refractivity contribution in [3.8, 4) is 6.07 Å². The molecule has 6 heteroatoms. The summed E-state index contributed by atoms with van der Waals surface area (Å²) in [4.78, 5) is 0. The third-order valence-electron chi connectivity index (χ3n) is 3.70. The minimum atomic E-state index is -3.36. The number of rotatable bonds is 4. The van der Waals surface area contributed by atoms with Crippen LogP contribution in [-0.2, 0) is 15.8 Å². The number of benzene rings is 1. The molecule has 20 heavy (non-hydrogen) atoms. The number of hydrogen-bond acceptors (Lipinski definition) is 4. The number of nitriles is 1. The highest BCUT2D eigenvalue weighted by atomic mass is 32.2. The van der Waals surface area contributed by atoms with Crippen LogP contribution < -0.4 is 0 Å². The number of nitrogens with zero attached hydrogens (tertiary/aromatic N) is 2. The summed E-state index contributed by atoms with van der Waals surface area (Å²) in [5.41, 5.74) is 1.19. The Morgan fingerprint density at radius 2 is 2.10 bits per heavy atom. The van der Waals surface area contributed by atoms with Crippen molar-refractivity contribution in [3.63, 3.8) is 0 Å². The molecule has 1 saturated heterocycles. The summed E-state index contributed by atoms with van der Waals surface area (Å²) in [5.74, 6) is -0.0450. The van der Waals surface area contributed by atoms with Gasteiger partial charge < -0.3 is 5.11 Å². The fraction of sp³-hybridized carbons (Fsp3) is 0.500. The molecule has 5 nitrogen and oxygen atoms in total. The first-order chi connectivity index (χ1) is 9.42. The maximum Gasteiger partial charge on any atom is 0.218 e. The van der Waals surface area contributed by atoms with E-state index in [0.717, 1.165) is 0 Å². The fourth-order valence-corrected chi connectivity index (χ4v) is 3.98. The third-order valence-corrected chi connectivity index (χ3v) is 5.51. The predicted molar refractivity (Wildman–Crippen MR) is 75.1 cm³/mol. The van der Waals surface area contributed by atoms with Gasteiger partial charge in [0.05, 0.1) is 23.5 Å². The highest BCUT2D eigenvalue weighted by Crippen LogP contribution is 2.24. The van der Waals surface area contributed by atoms with Gasteiger partial charge in [-0.05, 0) is 37.0 Å². The first-order valence-electron chi connectivity index (χ1n) is 6.57. The molecule has 1 aliphatic heterocycles. The van der Waals surface area contributed by atoms with E-state index >= 15 is 0 Å². The zero-order chi connectivity index (χ0) is 14.8. The molecule has 108 valence electrons. The van der Waals surface area contributed by atoms with Crippen LogP contribution in [0.5, 0.6) is 0 Å². The van der Waals surface area contributed by atoms with Crippen LogP contribution in [0, 0.1) is 17.2 Å². The monoisotopic (exact) mass is 294 g/mol. The first kappa shape index (κ1) is 15.0. The van der Waals surface area contributed by atoms with E-state index in [9.17, 15) is 13.5 Å². The van der Waals surface area contributed by atoms with E-state index in [-0.39, 0.29) is 11.7 Å². The number of aliphatic hydroxyl groups excluding tert-OH is 1. The van der Waals surface area contributed by atoms with Crippen LogP contribution in [0.25, 0.3) is 0 Å². The van der Waals surface area contributed by atoms with Gasteiger partial charge in [-0.3, -0.25) is 0 Å². The Labute approximate surface area is 119 Å². The van der Waals surface area contributed by atoms with Crippen LogP contribution in [0.4, 0.5) is 0 Å². The molecule has 0 aliphatic carbocycles. The molecule has 1 aromatic rings. The second kappa shape index (κ2) is 5.92. The zero-order valence-electron chi connectivity index (χ0n) is 11.4. The van der Waals surface area contributed by atoms with Crippen LogP contribution >= 0.6 is 0 Å². The van der Waals surface area contributed by atoms with Crippen LogP contribution in [0.1, 0.15) is 24.5 Å². The highest BCUT2D eigenvalue weighted by molar-refractivity contribution is 7.88. The Balaban J connectivity index is 2.06. The van der Waals surface area contributed by atoms with E-state index in [1.54, 1.807) is 31.2 Å². The van der Waals surface area contributed by atoms with Crippen molar-refractivity contribution < 1.29 is 13.5 Å². The zero-order valence-corrected chi connectivity index (χ0v) is 12.2. The van der Waals surface area contributed by atoms with Crippen LogP contribution in [-0.4, -0.2) is 37.0 Å². The van der Waals surface area contributed by atoms with Crippen molar-refractivity contribution in [2.75, 3.05) is 13.1 Å². The number of sulfonamides is 1. The molecular weight excluding hydrogens is 276 g/mol. The quantitative estimate of drug-likeness (QED) is 0.901. The molecule has 2 rings (SSSR count). The Kier molecular flexibility index (Phi) is 4.43. The largest absolute Gasteiger partial charge is 0.393 e. The minimum Gasteiger partial charge on any atom is -0.393 e. The summed E-state index contributed by atoms with van der Waals surface area (Å²) >= 11 is 0. The lowest BCUT2D eigenvalue weighted by Gasteiger charge is -2.17. The van der Waals surface area contributed by atoms with Gasteiger partial charge in [0.25, 0.3) is 0 Å². The molecule has 0 spiro atoms. The van der Waals surface area contributed by atoms with E-state index in [1.807, 2.05) is 6.07 Å². The molecule has 2 atom stereocenters. The van der Waals surface area contributed by atoms with Gasteiger partial charge in [0.15, 0.2) is 0 Å². The molecule has 0 bridgehead atoms. The molecule has 1 heterocycles. The van der Waals surface area contributed by atoms with Crippen molar-refractivity contribution in [3.05, 3.63) is 35.4 Å². The average molecular weight is 294 g/mol. The smallest absolute Gasteiger partial charge is 0.218 e. The highest BCUT2D eigenvalue weighted by Gasteiger charge is 2.33. The van der Waals surface area contributed by atoms with Gasteiger partial charge in [-0.15, -0.1) is 0 Å². The van der Waals surface area contributed by atoms with Crippen LogP contribution in [0.3, 0.4) is 0 Å². The summed E-state index contributed by atoms with van der Waals surface area (Å²) in [6.07, 6.45) is 0.217. The second-order valence-electron chi connectivity index (χ2n) is 5.21. The maximum atomic E-state index is 12.3. The van der Waals surface area contributed by atoms with Crippen molar-refractivity contribution in [2.45, 2.75) is 25.2 Å². The van der Waals surface area contributed by atoms with Gasteiger partial charge in [0, 0.05) is 13.1 Å². The second-order valence-corrected chi connectivity index (χ2v) is 7.18. The molecule has 1 aliphatic rings. The lowest BCUT2D eigenvalue weighted by molar-refractivity contribution is 0.133. The van der Waals surface area contributed by atoms with Crippen LogP contribution in [0.15, 0.2) is 24.3 Å². The van der Waals surface area contributed by atoms with Crippen molar-refractivity contribution >= 4 is 10.0 Å². The average Bonchev–Trinajstić information content (AvgIpc) is 2.90. The van der Waals surface area contributed by atoms with Gasteiger partial charge in [0.1, 0.15) is 0 Å². The van der Waals surface area contributed by atoms with E-state index in [0.29, 0.717) is 30.6 Å². The Morgan fingerprint density at radius 1 is 1.45 bits per heavy atom. The van der Waals surface area contributed by atoms with Gasteiger partial charge in [-0.2, -0.15) is 5.26 Å². The van der Waals surface area contributed by atoms with E-state index in [1.165, 1.54) is 4.31 Å². The molecule has 0 amide bonds. The number of aliphatic hydroxyl groups is 1. The minimum absolute atomic E-state index is 0.0192. The van der Waals surface area contributed by atoms with E-state index < -0.39 is 16.1 Å². The SMILES string of the molecule is CC(O)C1CCN(S(=O)(=O)Cc2ccc(C#N)cc2)C1. The standard InChI is InChI=1S/C14H18N2O3S/c1-11(17)14-6-7-16(9-14)20(18,19)10-13-4-2-12(8-15)3-5-13/h2-5,11,14,17H,6-7,9-10H2,1H3. The number of hydrogen-bond donors (Lipinski definition) is 1. The topological polar surface area (TPSA) is 81.4 Å². The van der Waals surface area contributed by atoms with Crippen molar-refractivity contribution in [2.24, 2.45) is 5.92 Å². The summed E-state index contributed by atoms with van der Waals surface area (Å²) in [6, 6.07) is 8.57. The van der Waals surface area contributed by atoms with Crippen molar-refractivity contribution in [1.29, 1.82) is 5.26 Å². The Bertz CT molecular complexity index is 602. The predicted octanol–water partition coefficient (Wildman–Crippen LogP) is 1.09. The molecule has 1 fully saturated rings. The lowest BCUT2D eigenvalue weighted by Crippen LogP contribution is -2.31. The van der Waals surface area contributed by atoms with Gasteiger partial charge in [0.2, 0.25) is 10.0 Å². The van der Waals surface area contributed by atoms with E-state index in [2.05, 4.69) is 0 Å². The molecule has 0 radical (unpaired) electrons. The van der Waals surface area contributed by atoms with Gasteiger partial charge in [-0.1, -0.05) is 12.1 Å². The summed E-state index contributed by atoms with van der Waals surface area (Å²) in [6.45, 7) is 2.55. The molecule has 0 saturated carbocycles.